The molecule has 0 bridgehead atoms. The molecule has 1 aliphatic heterocycles. The van der Waals surface area contributed by atoms with Crippen molar-refractivity contribution in [3.8, 4) is 0 Å². The van der Waals surface area contributed by atoms with Crippen molar-refractivity contribution < 1.29 is 9.53 Å². The number of aryl methyl sites for hydroxylation is 2. The molecular formula is C19H24N4O2. The first-order valence-electron chi connectivity index (χ1n) is 8.51. The SMILES string of the molecule is CNc1nc(C)cc(C(=O)N2C[C@H](c3ccccc3C)OC[C@@H]2C)n1. The van der Waals surface area contributed by atoms with Gasteiger partial charge >= 0.3 is 0 Å². The quantitative estimate of drug-likeness (QED) is 0.930. The second-order valence-electron chi connectivity index (χ2n) is 6.45. The number of morpholine rings is 1. The average Bonchev–Trinajstić information content (AvgIpc) is 2.61. The Kier molecular flexibility index (Phi) is 4.99. The Balaban J connectivity index is 1.86. The number of aromatic nitrogens is 2. The summed E-state index contributed by atoms with van der Waals surface area (Å²) in [7, 11) is 1.74. The number of rotatable bonds is 3. The molecule has 2 atom stereocenters. The number of hydrogen-bond acceptors (Lipinski definition) is 5. The van der Waals surface area contributed by atoms with E-state index < -0.39 is 0 Å². The van der Waals surface area contributed by atoms with Crippen LogP contribution in [0.1, 0.15) is 40.3 Å². The maximum atomic E-state index is 13.0. The van der Waals surface area contributed by atoms with Crippen LogP contribution in [-0.2, 0) is 4.74 Å². The maximum Gasteiger partial charge on any atom is 0.273 e. The number of carbonyl (C=O) groups excluding carboxylic acids is 1. The number of ether oxygens (including phenoxy) is 1. The highest BCUT2D eigenvalue weighted by Crippen LogP contribution is 2.28. The van der Waals surface area contributed by atoms with Crippen LogP contribution < -0.4 is 5.32 Å². The van der Waals surface area contributed by atoms with Crippen LogP contribution in [0.5, 0.6) is 0 Å². The number of carbonyl (C=O) groups is 1. The highest BCUT2D eigenvalue weighted by Gasteiger charge is 2.32. The van der Waals surface area contributed by atoms with E-state index in [9.17, 15) is 4.79 Å². The molecule has 6 nitrogen and oxygen atoms in total. The van der Waals surface area contributed by atoms with Crippen LogP contribution in [-0.4, -0.2) is 47.0 Å². The van der Waals surface area contributed by atoms with Gasteiger partial charge in [0.2, 0.25) is 5.95 Å². The van der Waals surface area contributed by atoms with E-state index >= 15 is 0 Å². The summed E-state index contributed by atoms with van der Waals surface area (Å²) < 4.78 is 6.00. The van der Waals surface area contributed by atoms with Crippen LogP contribution in [0.25, 0.3) is 0 Å². The molecule has 2 heterocycles. The zero-order valence-electron chi connectivity index (χ0n) is 15.1. The predicted molar refractivity (Wildman–Crippen MR) is 96.7 cm³/mol. The smallest absolute Gasteiger partial charge is 0.273 e. The van der Waals surface area contributed by atoms with Gasteiger partial charge in [-0.25, -0.2) is 9.97 Å². The van der Waals surface area contributed by atoms with Gasteiger partial charge in [0, 0.05) is 12.7 Å². The summed E-state index contributed by atoms with van der Waals surface area (Å²) in [4.78, 5) is 23.5. The standard InChI is InChI=1S/C19H24N4O2/c1-12-7-5-6-8-15(12)17-10-23(14(3)11-25-17)18(24)16-9-13(2)21-19(20-4)22-16/h5-9,14,17H,10-11H2,1-4H3,(H,20,21,22)/t14-,17+/m0/s1. The van der Waals surface area contributed by atoms with E-state index in [2.05, 4.69) is 34.3 Å². The van der Waals surface area contributed by atoms with Crippen LogP contribution in [0.15, 0.2) is 30.3 Å². The highest BCUT2D eigenvalue weighted by molar-refractivity contribution is 5.93. The van der Waals surface area contributed by atoms with Gasteiger partial charge in [0.15, 0.2) is 0 Å². The molecule has 1 fully saturated rings. The summed E-state index contributed by atoms with van der Waals surface area (Å²) in [6.45, 7) is 6.95. The van der Waals surface area contributed by atoms with Crippen molar-refractivity contribution >= 4 is 11.9 Å². The number of hydrogen-bond donors (Lipinski definition) is 1. The zero-order chi connectivity index (χ0) is 18.0. The summed E-state index contributed by atoms with van der Waals surface area (Å²) in [6.07, 6.45) is -0.118. The molecular weight excluding hydrogens is 316 g/mol. The van der Waals surface area contributed by atoms with E-state index in [4.69, 9.17) is 4.74 Å². The van der Waals surface area contributed by atoms with Gasteiger partial charge in [-0.2, -0.15) is 0 Å². The third-order valence-electron chi connectivity index (χ3n) is 4.53. The molecule has 1 aromatic heterocycles. The van der Waals surface area contributed by atoms with Crippen LogP contribution in [0.4, 0.5) is 5.95 Å². The van der Waals surface area contributed by atoms with Gasteiger partial charge in [0.25, 0.3) is 5.91 Å². The molecule has 1 aliphatic rings. The summed E-state index contributed by atoms with van der Waals surface area (Å²) in [5, 5.41) is 2.90. The van der Waals surface area contributed by atoms with E-state index in [0.717, 1.165) is 11.3 Å². The fourth-order valence-electron chi connectivity index (χ4n) is 3.11. The van der Waals surface area contributed by atoms with E-state index in [1.807, 2.05) is 30.9 Å². The molecule has 6 heteroatoms. The molecule has 1 saturated heterocycles. The Morgan fingerprint density at radius 1 is 1.28 bits per heavy atom. The Morgan fingerprint density at radius 3 is 2.76 bits per heavy atom. The highest BCUT2D eigenvalue weighted by atomic mass is 16.5. The maximum absolute atomic E-state index is 13.0. The molecule has 0 saturated carbocycles. The normalized spacial score (nSPS) is 20.4. The Morgan fingerprint density at radius 2 is 2.04 bits per heavy atom. The van der Waals surface area contributed by atoms with Gasteiger partial charge in [-0.05, 0) is 38.0 Å². The number of nitrogens with one attached hydrogen (secondary N) is 1. The summed E-state index contributed by atoms with van der Waals surface area (Å²) in [5.41, 5.74) is 3.47. The monoisotopic (exact) mass is 340 g/mol. The van der Waals surface area contributed by atoms with Crippen LogP contribution in [0.2, 0.25) is 0 Å². The van der Waals surface area contributed by atoms with Gasteiger partial charge in [-0.15, -0.1) is 0 Å². The van der Waals surface area contributed by atoms with E-state index in [1.165, 1.54) is 5.56 Å². The number of benzene rings is 1. The molecule has 25 heavy (non-hydrogen) atoms. The second-order valence-corrected chi connectivity index (χ2v) is 6.45. The van der Waals surface area contributed by atoms with Gasteiger partial charge in [0.05, 0.1) is 19.2 Å². The largest absolute Gasteiger partial charge is 0.370 e. The van der Waals surface area contributed by atoms with Gasteiger partial charge in [-0.3, -0.25) is 4.79 Å². The lowest BCUT2D eigenvalue weighted by atomic mass is 10.0. The Labute approximate surface area is 148 Å². The average molecular weight is 340 g/mol. The zero-order valence-corrected chi connectivity index (χ0v) is 15.1. The van der Waals surface area contributed by atoms with E-state index in [1.54, 1.807) is 13.1 Å². The number of amides is 1. The van der Waals surface area contributed by atoms with Crippen molar-refractivity contribution in [3.63, 3.8) is 0 Å². The van der Waals surface area contributed by atoms with Crippen LogP contribution >= 0.6 is 0 Å². The third kappa shape index (κ3) is 3.64. The lowest BCUT2D eigenvalue weighted by Gasteiger charge is -2.38. The molecule has 1 aromatic carbocycles. The molecule has 1 amide bonds. The minimum atomic E-state index is -0.118. The fourth-order valence-corrected chi connectivity index (χ4v) is 3.11. The fraction of sp³-hybridized carbons (Fsp3) is 0.421. The van der Waals surface area contributed by atoms with Crippen molar-refractivity contribution in [2.24, 2.45) is 0 Å². The first-order valence-corrected chi connectivity index (χ1v) is 8.51. The van der Waals surface area contributed by atoms with Crippen molar-refractivity contribution in [3.05, 3.63) is 52.8 Å². The molecule has 0 spiro atoms. The second kappa shape index (κ2) is 7.19. The molecule has 132 valence electrons. The van der Waals surface area contributed by atoms with E-state index in [-0.39, 0.29) is 18.1 Å². The van der Waals surface area contributed by atoms with Crippen molar-refractivity contribution in [2.75, 3.05) is 25.5 Å². The Hall–Kier alpha value is -2.47. The van der Waals surface area contributed by atoms with Crippen molar-refractivity contribution in [1.82, 2.24) is 14.9 Å². The summed E-state index contributed by atoms with van der Waals surface area (Å²) >= 11 is 0. The first-order chi connectivity index (χ1) is 12.0. The minimum Gasteiger partial charge on any atom is -0.370 e. The summed E-state index contributed by atoms with van der Waals surface area (Å²) in [6, 6.07) is 9.87. The van der Waals surface area contributed by atoms with Gasteiger partial charge < -0.3 is 15.0 Å². The lowest BCUT2D eigenvalue weighted by Crippen LogP contribution is -2.48. The minimum absolute atomic E-state index is 0.000996. The first kappa shape index (κ1) is 17.4. The van der Waals surface area contributed by atoms with Gasteiger partial charge in [0.1, 0.15) is 11.8 Å². The number of anilines is 1. The van der Waals surface area contributed by atoms with Crippen molar-refractivity contribution in [1.29, 1.82) is 0 Å². The topological polar surface area (TPSA) is 67.4 Å². The van der Waals surface area contributed by atoms with Crippen LogP contribution in [0.3, 0.4) is 0 Å². The molecule has 0 unspecified atom stereocenters. The van der Waals surface area contributed by atoms with Gasteiger partial charge in [-0.1, -0.05) is 24.3 Å². The summed E-state index contributed by atoms with van der Waals surface area (Å²) in [5.74, 6) is 0.371. The number of nitrogens with zero attached hydrogens (tertiary/aromatic N) is 3. The molecule has 2 aromatic rings. The lowest BCUT2D eigenvalue weighted by molar-refractivity contribution is -0.0490. The molecule has 3 rings (SSSR count). The molecule has 0 aliphatic carbocycles. The van der Waals surface area contributed by atoms with Crippen molar-refractivity contribution in [2.45, 2.75) is 32.9 Å². The van der Waals surface area contributed by atoms with E-state index in [0.29, 0.717) is 24.8 Å². The Bertz CT molecular complexity index is 778. The molecule has 0 radical (unpaired) electrons. The predicted octanol–water partition coefficient (Wildman–Crippen LogP) is 2.74. The molecule has 1 N–H and O–H groups in total. The third-order valence-corrected chi connectivity index (χ3v) is 4.53. The van der Waals surface area contributed by atoms with Crippen LogP contribution in [0, 0.1) is 13.8 Å².